The van der Waals surface area contributed by atoms with E-state index in [1.807, 2.05) is 6.07 Å². The minimum Gasteiger partial charge on any atom is -0.349 e. The number of hydrogen-bond donors (Lipinski definition) is 2. The predicted octanol–water partition coefficient (Wildman–Crippen LogP) is 1.95. The molecule has 0 atom stereocenters. The number of primary sulfonamides is 1. The molecular weight excluding hydrogens is 308 g/mol. The predicted molar refractivity (Wildman–Crippen MR) is 81.6 cm³/mol. The monoisotopic (exact) mass is 322 g/mol. The molecule has 0 spiro atoms. The maximum absolute atomic E-state index is 12.0. The van der Waals surface area contributed by atoms with E-state index in [4.69, 9.17) is 5.14 Å². The molecule has 110 valence electrons. The van der Waals surface area contributed by atoms with E-state index in [1.54, 1.807) is 24.3 Å². The Morgan fingerprint density at radius 1 is 1.24 bits per heavy atom. The summed E-state index contributed by atoms with van der Waals surface area (Å²) in [5, 5.41) is 8.03. The summed E-state index contributed by atoms with van der Waals surface area (Å²) in [6.45, 7) is 0. The van der Waals surface area contributed by atoms with Gasteiger partial charge in [-0.25, -0.2) is 13.6 Å². The Morgan fingerprint density at radius 2 is 2.00 bits per heavy atom. The molecule has 1 aliphatic carbocycles. The van der Waals surface area contributed by atoms with Crippen LogP contribution in [0.1, 0.15) is 23.2 Å². The van der Waals surface area contributed by atoms with E-state index in [9.17, 15) is 13.2 Å². The maximum Gasteiger partial charge on any atom is 0.251 e. The SMILES string of the molecule is NS(=O)(=O)c1ccc(-c2cccc(C(=O)NC3CC3)c2)s1. The summed E-state index contributed by atoms with van der Waals surface area (Å²) in [5.74, 6) is -0.0948. The van der Waals surface area contributed by atoms with Crippen molar-refractivity contribution < 1.29 is 13.2 Å². The Hall–Kier alpha value is -1.70. The molecule has 1 aliphatic rings. The summed E-state index contributed by atoms with van der Waals surface area (Å²) in [6.07, 6.45) is 2.07. The number of rotatable bonds is 4. The summed E-state index contributed by atoms with van der Waals surface area (Å²) < 4.78 is 22.7. The van der Waals surface area contributed by atoms with Gasteiger partial charge in [0.1, 0.15) is 4.21 Å². The zero-order valence-corrected chi connectivity index (χ0v) is 12.7. The summed E-state index contributed by atoms with van der Waals surface area (Å²) in [5.41, 5.74) is 1.38. The van der Waals surface area contributed by atoms with Crippen LogP contribution in [0.3, 0.4) is 0 Å². The third-order valence-electron chi connectivity index (χ3n) is 3.18. The van der Waals surface area contributed by atoms with Gasteiger partial charge in [-0.1, -0.05) is 12.1 Å². The van der Waals surface area contributed by atoms with Crippen molar-refractivity contribution in [2.75, 3.05) is 0 Å². The normalized spacial score (nSPS) is 14.9. The van der Waals surface area contributed by atoms with Crippen molar-refractivity contribution in [1.82, 2.24) is 5.32 Å². The molecule has 1 heterocycles. The standard InChI is InChI=1S/C14H14N2O3S2/c15-21(18,19)13-7-6-12(20-13)9-2-1-3-10(8-9)14(17)16-11-4-5-11/h1-3,6-8,11H,4-5H2,(H,16,17)(H2,15,18,19). The van der Waals surface area contributed by atoms with E-state index < -0.39 is 10.0 Å². The van der Waals surface area contributed by atoms with Crippen LogP contribution in [-0.2, 0) is 10.0 Å². The molecule has 0 radical (unpaired) electrons. The maximum atomic E-state index is 12.0. The molecule has 0 unspecified atom stereocenters. The lowest BCUT2D eigenvalue weighted by atomic mass is 10.1. The van der Waals surface area contributed by atoms with Gasteiger partial charge in [-0.05, 0) is 42.7 Å². The molecule has 1 aromatic carbocycles. The van der Waals surface area contributed by atoms with Gasteiger partial charge in [0, 0.05) is 16.5 Å². The molecule has 1 fully saturated rings. The molecule has 2 aromatic rings. The Balaban J connectivity index is 1.88. The molecule has 3 rings (SSSR count). The van der Waals surface area contributed by atoms with Gasteiger partial charge in [0.15, 0.2) is 0 Å². The lowest BCUT2D eigenvalue weighted by Gasteiger charge is -2.05. The van der Waals surface area contributed by atoms with Gasteiger partial charge >= 0.3 is 0 Å². The third kappa shape index (κ3) is 3.31. The van der Waals surface area contributed by atoms with Crippen molar-refractivity contribution >= 4 is 27.3 Å². The molecule has 7 heteroatoms. The first kappa shape index (κ1) is 14.2. The van der Waals surface area contributed by atoms with Crippen LogP contribution in [0.5, 0.6) is 0 Å². The van der Waals surface area contributed by atoms with Crippen LogP contribution in [0.25, 0.3) is 10.4 Å². The fourth-order valence-corrected chi connectivity index (χ4v) is 3.66. The number of carbonyl (C=O) groups excluding carboxylic acids is 1. The largest absolute Gasteiger partial charge is 0.349 e. The summed E-state index contributed by atoms with van der Waals surface area (Å²) in [6, 6.07) is 10.6. The van der Waals surface area contributed by atoms with Crippen molar-refractivity contribution in [2.45, 2.75) is 23.1 Å². The highest BCUT2D eigenvalue weighted by Gasteiger charge is 2.23. The van der Waals surface area contributed by atoms with Crippen molar-refractivity contribution in [3.63, 3.8) is 0 Å². The van der Waals surface area contributed by atoms with E-state index in [-0.39, 0.29) is 10.1 Å². The highest BCUT2D eigenvalue weighted by atomic mass is 32.2. The van der Waals surface area contributed by atoms with Crippen LogP contribution >= 0.6 is 11.3 Å². The Labute approximate surface area is 126 Å². The van der Waals surface area contributed by atoms with E-state index in [1.165, 1.54) is 6.07 Å². The van der Waals surface area contributed by atoms with Crippen molar-refractivity contribution in [3.05, 3.63) is 42.0 Å². The second-order valence-corrected chi connectivity index (χ2v) is 7.86. The fraction of sp³-hybridized carbons (Fsp3) is 0.214. The average Bonchev–Trinajstić information content (AvgIpc) is 3.09. The van der Waals surface area contributed by atoms with E-state index in [2.05, 4.69) is 5.32 Å². The number of thiophene rings is 1. The first-order chi connectivity index (χ1) is 9.93. The molecule has 0 saturated heterocycles. The molecule has 0 aliphatic heterocycles. The number of nitrogens with two attached hydrogens (primary N) is 1. The fourth-order valence-electron chi connectivity index (χ4n) is 1.94. The molecule has 5 nitrogen and oxygen atoms in total. The van der Waals surface area contributed by atoms with Gasteiger partial charge in [0.05, 0.1) is 0 Å². The van der Waals surface area contributed by atoms with E-state index in [0.717, 1.165) is 34.6 Å². The topological polar surface area (TPSA) is 89.3 Å². The van der Waals surface area contributed by atoms with Crippen LogP contribution in [0.2, 0.25) is 0 Å². The third-order valence-corrected chi connectivity index (χ3v) is 5.76. The van der Waals surface area contributed by atoms with Gasteiger partial charge in [-0.15, -0.1) is 11.3 Å². The minimum absolute atomic E-state index is 0.0948. The highest BCUT2D eigenvalue weighted by molar-refractivity contribution is 7.91. The highest BCUT2D eigenvalue weighted by Crippen LogP contribution is 2.30. The van der Waals surface area contributed by atoms with Crippen LogP contribution in [-0.4, -0.2) is 20.4 Å². The van der Waals surface area contributed by atoms with E-state index in [0.29, 0.717) is 11.6 Å². The lowest BCUT2D eigenvalue weighted by molar-refractivity contribution is 0.0951. The van der Waals surface area contributed by atoms with Gasteiger partial charge in [-0.2, -0.15) is 0 Å². The molecule has 3 N–H and O–H groups in total. The quantitative estimate of drug-likeness (QED) is 0.901. The molecule has 0 bridgehead atoms. The summed E-state index contributed by atoms with van der Waals surface area (Å²) >= 11 is 1.09. The van der Waals surface area contributed by atoms with Crippen molar-refractivity contribution in [2.24, 2.45) is 5.14 Å². The van der Waals surface area contributed by atoms with Crippen LogP contribution < -0.4 is 10.5 Å². The minimum atomic E-state index is -3.68. The summed E-state index contributed by atoms with van der Waals surface area (Å²) in [4.78, 5) is 12.8. The van der Waals surface area contributed by atoms with Gasteiger partial charge < -0.3 is 5.32 Å². The first-order valence-corrected chi connectivity index (χ1v) is 8.84. The lowest BCUT2D eigenvalue weighted by Crippen LogP contribution is -2.25. The number of amides is 1. The van der Waals surface area contributed by atoms with Crippen molar-refractivity contribution in [1.29, 1.82) is 0 Å². The molecule has 21 heavy (non-hydrogen) atoms. The smallest absolute Gasteiger partial charge is 0.251 e. The Morgan fingerprint density at radius 3 is 2.62 bits per heavy atom. The number of carbonyl (C=O) groups is 1. The Bertz CT molecular complexity index is 792. The first-order valence-electron chi connectivity index (χ1n) is 6.47. The van der Waals surface area contributed by atoms with Crippen LogP contribution in [0.4, 0.5) is 0 Å². The number of hydrogen-bond acceptors (Lipinski definition) is 4. The zero-order valence-electron chi connectivity index (χ0n) is 11.1. The molecular formula is C14H14N2O3S2. The van der Waals surface area contributed by atoms with Crippen LogP contribution in [0, 0.1) is 0 Å². The Kier molecular flexibility index (Phi) is 3.56. The van der Waals surface area contributed by atoms with Crippen molar-refractivity contribution in [3.8, 4) is 10.4 Å². The second kappa shape index (κ2) is 5.25. The van der Waals surface area contributed by atoms with E-state index >= 15 is 0 Å². The van der Waals surface area contributed by atoms with Crippen LogP contribution in [0.15, 0.2) is 40.6 Å². The average molecular weight is 322 g/mol. The number of nitrogens with one attached hydrogen (secondary N) is 1. The van der Waals surface area contributed by atoms with Gasteiger partial charge in [-0.3, -0.25) is 4.79 Å². The van der Waals surface area contributed by atoms with Gasteiger partial charge in [0.2, 0.25) is 10.0 Å². The molecule has 1 amide bonds. The number of sulfonamides is 1. The van der Waals surface area contributed by atoms with Gasteiger partial charge in [0.25, 0.3) is 5.91 Å². The zero-order chi connectivity index (χ0) is 15.0. The molecule has 1 saturated carbocycles. The molecule has 1 aromatic heterocycles. The summed E-state index contributed by atoms with van der Waals surface area (Å²) in [7, 11) is -3.68. The number of benzene rings is 1. The second-order valence-electron chi connectivity index (χ2n) is 4.99.